The number of nitrogens with zero attached hydrogens (tertiary/aromatic N) is 2. The first-order valence-corrected chi connectivity index (χ1v) is 7.81. The summed E-state index contributed by atoms with van der Waals surface area (Å²) in [5, 5.41) is 9.23. The minimum atomic E-state index is -0.508. The lowest BCUT2D eigenvalue weighted by Crippen LogP contribution is -2.15. The van der Waals surface area contributed by atoms with Crippen molar-refractivity contribution in [1.82, 2.24) is 10.1 Å². The molecule has 7 nitrogen and oxygen atoms in total. The quantitative estimate of drug-likeness (QED) is 0.722. The zero-order chi connectivity index (χ0) is 16.2. The first kappa shape index (κ1) is 15.2. The second-order valence-electron chi connectivity index (χ2n) is 4.61. The molecule has 0 aliphatic rings. The number of hydrogen-bond acceptors (Lipinski definition) is 7. The van der Waals surface area contributed by atoms with Gasteiger partial charge < -0.3 is 14.6 Å². The summed E-state index contributed by atoms with van der Waals surface area (Å²) in [6.07, 6.45) is 0.0608. The molecule has 3 rings (SSSR count). The van der Waals surface area contributed by atoms with Gasteiger partial charge in [0.05, 0.1) is 13.0 Å². The van der Waals surface area contributed by atoms with Crippen LogP contribution in [-0.4, -0.2) is 28.6 Å². The first-order valence-electron chi connectivity index (χ1n) is 6.93. The summed E-state index contributed by atoms with van der Waals surface area (Å²) in [5.74, 6) is -0.791. The van der Waals surface area contributed by atoms with Gasteiger partial charge in [-0.25, -0.2) is 9.78 Å². The average molecular weight is 331 g/mol. The van der Waals surface area contributed by atoms with Gasteiger partial charge in [0.15, 0.2) is 16.4 Å². The molecule has 0 unspecified atom stereocenters. The van der Waals surface area contributed by atoms with Crippen molar-refractivity contribution in [3.8, 4) is 0 Å². The Hall–Kier alpha value is -2.74. The predicted octanol–water partition coefficient (Wildman–Crippen LogP) is 2.64. The highest BCUT2D eigenvalue weighted by Crippen LogP contribution is 2.20. The summed E-state index contributed by atoms with van der Waals surface area (Å²) < 4.78 is 10.0. The van der Waals surface area contributed by atoms with E-state index in [0.29, 0.717) is 16.4 Å². The smallest absolute Gasteiger partial charge is 0.357 e. The highest BCUT2D eigenvalue weighted by atomic mass is 32.1. The molecule has 2 aromatic heterocycles. The number of hydrogen-bond donors (Lipinski definition) is 1. The largest absolute Gasteiger partial charge is 0.461 e. The molecular formula is C15H13N3O4S. The topological polar surface area (TPSA) is 94.3 Å². The number of carbonyl (C=O) groups excluding carboxylic acids is 2. The Morgan fingerprint density at radius 3 is 3.00 bits per heavy atom. The number of aromatic nitrogens is 2. The molecule has 0 fully saturated rings. The molecule has 0 atom stereocenters. The van der Waals surface area contributed by atoms with E-state index < -0.39 is 5.97 Å². The monoisotopic (exact) mass is 331 g/mol. The van der Waals surface area contributed by atoms with Crippen LogP contribution in [-0.2, 0) is 16.0 Å². The number of rotatable bonds is 5. The summed E-state index contributed by atoms with van der Waals surface area (Å²) in [7, 11) is 0. The molecule has 118 valence electrons. The number of benzene rings is 1. The van der Waals surface area contributed by atoms with Gasteiger partial charge in [0.25, 0.3) is 0 Å². The highest BCUT2D eigenvalue weighted by Gasteiger charge is 2.15. The van der Waals surface area contributed by atoms with Gasteiger partial charge in [0, 0.05) is 10.8 Å². The van der Waals surface area contributed by atoms with E-state index in [1.807, 2.05) is 18.2 Å². The normalized spacial score (nSPS) is 10.7. The zero-order valence-electron chi connectivity index (χ0n) is 12.2. The molecule has 8 heteroatoms. The van der Waals surface area contributed by atoms with Crippen molar-refractivity contribution in [2.75, 3.05) is 11.9 Å². The molecule has 0 spiro atoms. The minimum absolute atomic E-state index is 0.0608. The van der Waals surface area contributed by atoms with E-state index in [0.717, 1.165) is 16.7 Å². The Balaban J connectivity index is 1.67. The van der Waals surface area contributed by atoms with Crippen molar-refractivity contribution in [3.05, 3.63) is 41.0 Å². The van der Waals surface area contributed by atoms with E-state index >= 15 is 0 Å². The fourth-order valence-corrected chi connectivity index (χ4v) is 2.71. The Morgan fingerprint density at radius 1 is 1.35 bits per heavy atom. The summed E-state index contributed by atoms with van der Waals surface area (Å²) in [5.41, 5.74) is 1.37. The van der Waals surface area contributed by atoms with Gasteiger partial charge in [-0.1, -0.05) is 17.3 Å². The van der Waals surface area contributed by atoms with Crippen molar-refractivity contribution in [3.63, 3.8) is 0 Å². The van der Waals surface area contributed by atoms with E-state index in [1.165, 1.54) is 0 Å². The number of nitrogens with one attached hydrogen (secondary N) is 1. The van der Waals surface area contributed by atoms with Crippen LogP contribution in [0.2, 0.25) is 0 Å². The number of fused-ring (bicyclic) bond motifs is 1. The number of esters is 1. The molecule has 1 aromatic carbocycles. The van der Waals surface area contributed by atoms with Crippen LogP contribution in [0, 0.1) is 0 Å². The minimum Gasteiger partial charge on any atom is -0.461 e. The van der Waals surface area contributed by atoms with Gasteiger partial charge in [-0.2, -0.15) is 0 Å². The van der Waals surface area contributed by atoms with E-state index in [1.54, 1.807) is 18.4 Å². The number of carbonyl (C=O) groups is 2. The number of thiazole rings is 1. The third-order valence-electron chi connectivity index (χ3n) is 3.02. The fraction of sp³-hybridized carbons (Fsp3) is 0.200. The summed E-state index contributed by atoms with van der Waals surface area (Å²) in [6.45, 7) is 1.99. The van der Waals surface area contributed by atoms with Crippen molar-refractivity contribution in [1.29, 1.82) is 0 Å². The van der Waals surface area contributed by atoms with Gasteiger partial charge in [0.2, 0.25) is 5.91 Å². The average Bonchev–Trinajstić information content (AvgIpc) is 3.15. The summed E-state index contributed by atoms with van der Waals surface area (Å²) in [6, 6.07) is 7.32. The van der Waals surface area contributed by atoms with Crippen LogP contribution in [0.15, 0.2) is 34.2 Å². The zero-order valence-corrected chi connectivity index (χ0v) is 13.1. The summed E-state index contributed by atoms with van der Waals surface area (Å²) >= 11 is 1.16. The van der Waals surface area contributed by atoms with Crippen molar-refractivity contribution in [2.45, 2.75) is 13.3 Å². The molecule has 2 heterocycles. The van der Waals surface area contributed by atoms with E-state index in [4.69, 9.17) is 9.26 Å². The molecule has 0 saturated carbocycles. The Bertz CT molecular complexity index is 855. The van der Waals surface area contributed by atoms with Crippen LogP contribution < -0.4 is 5.32 Å². The van der Waals surface area contributed by atoms with Crippen LogP contribution in [0.5, 0.6) is 0 Å². The SMILES string of the molecule is CCOC(=O)c1csc(NC(=O)Cc2noc3ccccc23)n1. The third-order valence-corrected chi connectivity index (χ3v) is 3.77. The van der Waals surface area contributed by atoms with Gasteiger partial charge in [-0.15, -0.1) is 11.3 Å². The molecule has 0 bridgehead atoms. The lowest BCUT2D eigenvalue weighted by Gasteiger charge is -1.99. The van der Waals surface area contributed by atoms with Crippen LogP contribution in [0.4, 0.5) is 5.13 Å². The maximum Gasteiger partial charge on any atom is 0.357 e. The lowest BCUT2D eigenvalue weighted by molar-refractivity contribution is -0.115. The molecule has 23 heavy (non-hydrogen) atoms. The molecule has 0 radical (unpaired) electrons. The molecule has 1 N–H and O–H groups in total. The van der Waals surface area contributed by atoms with Crippen molar-refractivity contribution >= 4 is 39.3 Å². The van der Waals surface area contributed by atoms with Crippen molar-refractivity contribution < 1.29 is 18.8 Å². The molecule has 0 aliphatic heterocycles. The lowest BCUT2D eigenvalue weighted by atomic mass is 10.2. The van der Waals surface area contributed by atoms with Gasteiger partial charge in [-0.05, 0) is 19.1 Å². The Labute approximate surface area is 135 Å². The number of ether oxygens (including phenoxy) is 1. The second-order valence-corrected chi connectivity index (χ2v) is 5.47. The number of para-hydroxylation sites is 1. The molecular weight excluding hydrogens is 318 g/mol. The molecule has 3 aromatic rings. The Morgan fingerprint density at radius 2 is 2.17 bits per heavy atom. The Kier molecular flexibility index (Phi) is 4.33. The van der Waals surface area contributed by atoms with Crippen LogP contribution in [0.1, 0.15) is 23.1 Å². The molecule has 0 saturated heterocycles. The van der Waals surface area contributed by atoms with Crippen LogP contribution in [0.25, 0.3) is 11.0 Å². The predicted molar refractivity (Wildman–Crippen MR) is 84.4 cm³/mol. The highest BCUT2D eigenvalue weighted by molar-refractivity contribution is 7.14. The van der Waals surface area contributed by atoms with Crippen LogP contribution in [0.3, 0.4) is 0 Å². The second kappa shape index (κ2) is 6.57. The maximum absolute atomic E-state index is 12.1. The van der Waals surface area contributed by atoms with Gasteiger partial charge in [-0.3, -0.25) is 4.79 Å². The van der Waals surface area contributed by atoms with Gasteiger partial charge >= 0.3 is 5.97 Å². The molecule has 1 amide bonds. The first-order chi connectivity index (χ1) is 11.2. The standard InChI is InChI=1S/C15H13N3O4S/c1-2-21-14(20)11-8-23-15(16-11)17-13(19)7-10-9-5-3-4-6-12(9)22-18-10/h3-6,8H,2,7H2,1H3,(H,16,17,19). The fourth-order valence-electron chi connectivity index (χ4n) is 2.01. The third kappa shape index (κ3) is 3.37. The summed E-state index contributed by atoms with van der Waals surface area (Å²) in [4.78, 5) is 27.6. The van der Waals surface area contributed by atoms with Crippen LogP contribution >= 0.6 is 11.3 Å². The van der Waals surface area contributed by atoms with E-state index in [2.05, 4.69) is 15.5 Å². The van der Waals surface area contributed by atoms with Gasteiger partial charge in [0.1, 0.15) is 5.69 Å². The van der Waals surface area contributed by atoms with E-state index in [-0.39, 0.29) is 24.6 Å². The number of amides is 1. The number of anilines is 1. The molecule has 0 aliphatic carbocycles. The van der Waals surface area contributed by atoms with Crippen molar-refractivity contribution in [2.24, 2.45) is 0 Å². The van der Waals surface area contributed by atoms with E-state index in [9.17, 15) is 9.59 Å². The maximum atomic E-state index is 12.1.